The SMILES string of the molecule is Cc1noc(C)c1S(=O)(=O)N[C@@H](C)C(=O)N(C)Cc1ccc(N2CCOCC2)cc1. The average Bonchev–Trinajstić information content (AvgIpc) is 3.07. The van der Waals surface area contributed by atoms with Crippen LogP contribution in [-0.2, 0) is 26.1 Å². The molecule has 0 radical (unpaired) electrons. The minimum atomic E-state index is -3.92. The summed E-state index contributed by atoms with van der Waals surface area (Å²) in [5, 5.41) is 3.67. The molecule has 1 fully saturated rings. The molecule has 2 heterocycles. The Labute approximate surface area is 177 Å². The van der Waals surface area contributed by atoms with E-state index in [1.54, 1.807) is 14.0 Å². The molecule has 30 heavy (non-hydrogen) atoms. The fourth-order valence-electron chi connectivity index (χ4n) is 3.52. The van der Waals surface area contributed by atoms with Crippen LogP contribution in [0.4, 0.5) is 5.69 Å². The van der Waals surface area contributed by atoms with E-state index in [0.717, 1.165) is 37.6 Å². The third-order valence-electron chi connectivity index (χ3n) is 5.05. The number of morpholine rings is 1. The number of anilines is 1. The largest absolute Gasteiger partial charge is 0.378 e. The average molecular weight is 437 g/mol. The standard InChI is InChI=1S/C20H28N4O5S/c1-14-19(16(3)29-21-14)30(26,27)22-15(2)20(25)23(4)13-17-5-7-18(8-6-17)24-9-11-28-12-10-24/h5-8,15,22H,9-13H2,1-4H3/t15-/m0/s1. The van der Waals surface area contributed by atoms with Gasteiger partial charge in [0.2, 0.25) is 15.9 Å². The summed E-state index contributed by atoms with van der Waals surface area (Å²) in [5.74, 6) is -0.143. The van der Waals surface area contributed by atoms with Crippen LogP contribution in [0.25, 0.3) is 0 Å². The van der Waals surface area contributed by atoms with Gasteiger partial charge in [-0.25, -0.2) is 8.42 Å². The first kappa shape index (κ1) is 22.3. The summed E-state index contributed by atoms with van der Waals surface area (Å²) >= 11 is 0. The smallest absolute Gasteiger partial charge is 0.246 e. The number of carbonyl (C=O) groups excluding carboxylic acids is 1. The Morgan fingerprint density at radius 2 is 1.87 bits per heavy atom. The highest BCUT2D eigenvalue weighted by Crippen LogP contribution is 2.20. The number of benzene rings is 1. The molecular formula is C20H28N4O5S. The second-order valence-corrected chi connectivity index (χ2v) is 9.11. The van der Waals surface area contributed by atoms with Crippen molar-refractivity contribution in [2.45, 2.75) is 38.3 Å². The van der Waals surface area contributed by atoms with Crippen LogP contribution in [0, 0.1) is 13.8 Å². The zero-order valence-electron chi connectivity index (χ0n) is 17.7. The number of likely N-dealkylation sites (N-methyl/N-ethyl adjacent to an activating group) is 1. The second kappa shape index (κ2) is 9.15. The van der Waals surface area contributed by atoms with E-state index >= 15 is 0 Å². The molecule has 0 unspecified atom stereocenters. The summed E-state index contributed by atoms with van der Waals surface area (Å²) in [6, 6.07) is 7.09. The first-order chi connectivity index (χ1) is 14.2. The number of nitrogens with zero attached hydrogens (tertiary/aromatic N) is 3. The molecule has 164 valence electrons. The Morgan fingerprint density at radius 1 is 1.23 bits per heavy atom. The number of sulfonamides is 1. The van der Waals surface area contributed by atoms with Gasteiger partial charge in [-0.3, -0.25) is 4.79 Å². The highest BCUT2D eigenvalue weighted by Gasteiger charge is 2.29. The summed E-state index contributed by atoms with van der Waals surface area (Å²) in [6.07, 6.45) is 0. The van der Waals surface area contributed by atoms with Gasteiger partial charge in [0.1, 0.15) is 10.6 Å². The maximum Gasteiger partial charge on any atom is 0.246 e. The lowest BCUT2D eigenvalue weighted by Crippen LogP contribution is -2.45. The predicted molar refractivity (Wildman–Crippen MR) is 112 cm³/mol. The third-order valence-corrected chi connectivity index (χ3v) is 6.83. The van der Waals surface area contributed by atoms with Crippen LogP contribution in [0.1, 0.15) is 23.9 Å². The molecule has 1 aliphatic rings. The maximum atomic E-state index is 12.7. The van der Waals surface area contributed by atoms with Crippen molar-refractivity contribution in [3.63, 3.8) is 0 Å². The molecule has 1 saturated heterocycles. The number of amides is 1. The van der Waals surface area contributed by atoms with Crippen LogP contribution in [0.15, 0.2) is 33.7 Å². The number of aryl methyl sites for hydroxylation is 2. The van der Waals surface area contributed by atoms with Crippen molar-refractivity contribution in [1.82, 2.24) is 14.8 Å². The topological polar surface area (TPSA) is 105 Å². The number of hydrogen-bond acceptors (Lipinski definition) is 7. The van der Waals surface area contributed by atoms with E-state index in [2.05, 4.69) is 14.8 Å². The third kappa shape index (κ3) is 5.00. The Hall–Kier alpha value is -2.43. The van der Waals surface area contributed by atoms with E-state index < -0.39 is 16.1 Å². The molecule has 10 heteroatoms. The minimum Gasteiger partial charge on any atom is -0.378 e. The Kier molecular flexibility index (Phi) is 6.79. The molecule has 1 N–H and O–H groups in total. The van der Waals surface area contributed by atoms with Crippen molar-refractivity contribution < 1.29 is 22.5 Å². The van der Waals surface area contributed by atoms with Gasteiger partial charge in [0.05, 0.1) is 19.3 Å². The van der Waals surface area contributed by atoms with E-state index in [4.69, 9.17) is 9.26 Å². The van der Waals surface area contributed by atoms with E-state index in [1.165, 1.54) is 18.7 Å². The normalized spacial score (nSPS) is 15.8. The van der Waals surface area contributed by atoms with Gasteiger partial charge in [0.25, 0.3) is 0 Å². The predicted octanol–water partition coefficient (Wildman–Crippen LogP) is 1.45. The van der Waals surface area contributed by atoms with Gasteiger partial charge >= 0.3 is 0 Å². The van der Waals surface area contributed by atoms with E-state index in [-0.39, 0.29) is 22.3 Å². The molecule has 0 saturated carbocycles. The van der Waals surface area contributed by atoms with Crippen LogP contribution in [0.2, 0.25) is 0 Å². The molecule has 0 bridgehead atoms. The first-order valence-electron chi connectivity index (χ1n) is 9.81. The van der Waals surface area contributed by atoms with Gasteiger partial charge in [0, 0.05) is 32.4 Å². The zero-order valence-corrected chi connectivity index (χ0v) is 18.5. The Bertz CT molecular complexity index is 962. The summed E-state index contributed by atoms with van der Waals surface area (Å²) in [7, 11) is -2.26. The molecule has 0 spiro atoms. The fraction of sp³-hybridized carbons (Fsp3) is 0.500. The van der Waals surface area contributed by atoms with Crippen molar-refractivity contribution in [3.8, 4) is 0 Å². The van der Waals surface area contributed by atoms with Gasteiger partial charge in [-0.2, -0.15) is 4.72 Å². The lowest BCUT2D eigenvalue weighted by atomic mass is 10.1. The second-order valence-electron chi connectivity index (χ2n) is 7.46. The van der Waals surface area contributed by atoms with Crippen molar-refractivity contribution >= 4 is 21.6 Å². The molecule has 1 amide bonds. The molecule has 1 aromatic heterocycles. The molecule has 1 aromatic carbocycles. The van der Waals surface area contributed by atoms with Gasteiger partial charge in [-0.15, -0.1) is 0 Å². The lowest BCUT2D eigenvalue weighted by Gasteiger charge is -2.29. The number of rotatable bonds is 7. The van der Waals surface area contributed by atoms with Gasteiger partial charge in [0.15, 0.2) is 5.76 Å². The summed E-state index contributed by atoms with van der Waals surface area (Å²) in [5.41, 5.74) is 2.34. The number of hydrogen-bond donors (Lipinski definition) is 1. The Morgan fingerprint density at radius 3 is 2.43 bits per heavy atom. The molecule has 2 aromatic rings. The number of aromatic nitrogens is 1. The van der Waals surface area contributed by atoms with Gasteiger partial charge in [-0.1, -0.05) is 17.3 Å². The molecule has 3 rings (SSSR count). The highest BCUT2D eigenvalue weighted by molar-refractivity contribution is 7.89. The first-order valence-corrected chi connectivity index (χ1v) is 11.3. The molecule has 9 nitrogen and oxygen atoms in total. The molecule has 0 aliphatic carbocycles. The van der Waals surface area contributed by atoms with Crippen LogP contribution < -0.4 is 9.62 Å². The van der Waals surface area contributed by atoms with Crippen LogP contribution in [0.5, 0.6) is 0 Å². The van der Waals surface area contributed by atoms with Gasteiger partial charge < -0.3 is 19.1 Å². The quantitative estimate of drug-likeness (QED) is 0.700. The van der Waals surface area contributed by atoms with Crippen LogP contribution in [0.3, 0.4) is 0 Å². The number of carbonyl (C=O) groups is 1. The monoisotopic (exact) mass is 436 g/mol. The maximum absolute atomic E-state index is 12.7. The van der Waals surface area contributed by atoms with E-state index in [0.29, 0.717) is 6.54 Å². The van der Waals surface area contributed by atoms with Crippen LogP contribution in [-0.4, -0.2) is 63.8 Å². The zero-order chi connectivity index (χ0) is 21.9. The van der Waals surface area contributed by atoms with Gasteiger partial charge in [-0.05, 0) is 38.5 Å². The molecule has 1 atom stereocenters. The molecular weight excluding hydrogens is 408 g/mol. The number of ether oxygens (including phenoxy) is 1. The summed E-state index contributed by atoms with van der Waals surface area (Å²) in [6.45, 7) is 8.14. The summed E-state index contributed by atoms with van der Waals surface area (Å²) in [4.78, 5) is 16.5. The molecule has 1 aliphatic heterocycles. The van der Waals surface area contributed by atoms with Crippen molar-refractivity contribution in [1.29, 1.82) is 0 Å². The van der Waals surface area contributed by atoms with Crippen molar-refractivity contribution in [2.24, 2.45) is 0 Å². The Balaban J connectivity index is 1.61. The fourth-order valence-corrected chi connectivity index (χ4v) is 5.04. The van der Waals surface area contributed by atoms with Crippen molar-refractivity contribution in [2.75, 3.05) is 38.3 Å². The van der Waals surface area contributed by atoms with E-state index in [1.807, 2.05) is 24.3 Å². The summed E-state index contributed by atoms with van der Waals surface area (Å²) < 4.78 is 38.0. The number of nitrogens with one attached hydrogen (secondary N) is 1. The highest BCUT2D eigenvalue weighted by atomic mass is 32.2. The lowest BCUT2D eigenvalue weighted by molar-refractivity contribution is -0.131. The minimum absolute atomic E-state index is 0.0245. The van der Waals surface area contributed by atoms with E-state index in [9.17, 15) is 13.2 Å². The van der Waals surface area contributed by atoms with Crippen LogP contribution >= 0.6 is 0 Å². The van der Waals surface area contributed by atoms with Crippen molar-refractivity contribution in [3.05, 3.63) is 41.3 Å².